The second-order valence-corrected chi connectivity index (χ2v) is 7.83. The van der Waals surface area contributed by atoms with Crippen molar-refractivity contribution >= 4 is 17.3 Å². The minimum absolute atomic E-state index is 0.166. The van der Waals surface area contributed by atoms with E-state index in [0.29, 0.717) is 29.2 Å². The Bertz CT molecular complexity index is 1190. The summed E-state index contributed by atoms with van der Waals surface area (Å²) in [6, 6.07) is 22.7. The van der Waals surface area contributed by atoms with E-state index in [-0.39, 0.29) is 12.2 Å². The van der Waals surface area contributed by atoms with Crippen LogP contribution >= 0.6 is 11.3 Å². The molecule has 0 aliphatic heterocycles. The highest BCUT2D eigenvalue weighted by atomic mass is 32.1. The number of thiazole rings is 1. The lowest BCUT2D eigenvalue weighted by molar-refractivity contribution is 0.0693. The molecule has 0 saturated heterocycles. The van der Waals surface area contributed by atoms with Crippen molar-refractivity contribution in [3.63, 3.8) is 0 Å². The molecule has 0 radical (unpaired) electrons. The van der Waals surface area contributed by atoms with Crippen molar-refractivity contribution in [2.24, 2.45) is 0 Å². The van der Waals surface area contributed by atoms with Gasteiger partial charge in [0, 0.05) is 22.6 Å². The van der Waals surface area contributed by atoms with Crippen molar-refractivity contribution < 1.29 is 19.4 Å². The Morgan fingerprint density at radius 3 is 2.39 bits per heavy atom. The topological polar surface area (TPSA) is 68.7 Å². The van der Waals surface area contributed by atoms with Crippen LogP contribution in [-0.4, -0.2) is 16.1 Å². The molecule has 0 fully saturated rings. The van der Waals surface area contributed by atoms with Crippen molar-refractivity contribution in [3.05, 3.63) is 101 Å². The number of carboxylic acid groups (broad SMARTS) is 1. The van der Waals surface area contributed by atoms with Crippen molar-refractivity contribution in [1.82, 2.24) is 4.98 Å². The second-order valence-electron chi connectivity index (χ2n) is 6.98. The lowest BCUT2D eigenvalue weighted by Gasteiger charge is -2.12. The van der Waals surface area contributed by atoms with Crippen LogP contribution in [0.1, 0.15) is 27.2 Å². The number of hydrogen-bond acceptors (Lipinski definition) is 5. The molecular formula is C25H21NO4S. The molecule has 0 unspecified atom stereocenters. The molecule has 0 saturated carbocycles. The van der Waals surface area contributed by atoms with Gasteiger partial charge in [0.05, 0.1) is 11.3 Å². The molecule has 0 spiro atoms. The maximum atomic E-state index is 11.5. The van der Waals surface area contributed by atoms with E-state index in [4.69, 9.17) is 9.47 Å². The van der Waals surface area contributed by atoms with Gasteiger partial charge < -0.3 is 14.6 Å². The molecule has 0 aliphatic carbocycles. The SMILES string of the molecule is Cc1cccc(COc2cccc(OCc3csc(-c4ccccc4)n3)c2)c1C(=O)O. The highest BCUT2D eigenvalue weighted by molar-refractivity contribution is 7.13. The van der Waals surface area contributed by atoms with Crippen LogP contribution < -0.4 is 9.47 Å². The summed E-state index contributed by atoms with van der Waals surface area (Å²) >= 11 is 1.59. The van der Waals surface area contributed by atoms with E-state index in [2.05, 4.69) is 4.98 Å². The van der Waals surface area contributed by atoms with Crippen LogP contribution in [0.4, 0.5) is 0 Å². The molecule has 156 valence electrons. The van der Waals surface area contributed by atoms with Crippen molar-refractivity contribution in [3.8, 4) is 22.1 Å². The molecule has 0 bridgehead atoms. The molecular weight excluding hydrogens is 410 g/mol. The summed E-state index contributed by atoms with van der Waals surface area (Å²) in [6.45, 7) is 2.30. The fraction of sp³-hybridized carbons (Fsp3) is 0.120. The third-order valence-corrected chi connectivity index (χ3v) is 5.67. The summed E-state index contributed by atoms with van der Waals surface area (Å²) in [5.74, 6) is 0.319. The average molecular weight is 432 g/mol. The monoisotopic (exact) mass is 431 g/mol. The number of aromatic nitrogens is 1. The van der Waals surface area contributed by atoms with Gasteiger partial charge in [-0.25, -0.2) is 9.78 Å². The summed E-state index contributed by atoms with van der Waals surface area (Å²) in [5, 5.41) is 12.4. The molecule has 0 atom stereocenters. The molecule has 0 amide bonds. The van der Waals surface area contributed by atoms with E-state index >= 15 is 0 Å². The van der Waals surface area contributed by atoms with Gasteiger partial charge in [-0.05, 0) is 24.6 Å². The number of carboxylic acids is 1. The Morgan fingerprint density at radius 1 is 0.935 bits per heavy atom. The van der Waals surface area contributed by atoms with Crippen molar-refractivity contribution in [1.29, 1.82) is 0 Å². The van der Waals surface area contributed by atoms with E-state index in [1.807, 2.05) is 60.0 Å². The highest BCUT2D eigenvalue weighted by Crippen LogP contribution is 2.26. The number of ether oxygens (including phenoxy) is 2. The standard InChI is InChI=1S/C25H21NO4S/c1-17-7-5-10-19(23(17)25(27)28)14-29-21-11-6-12-22(13-21)30-15-20-16-31-24(26-20)18-8-3-2-4-9-18/h2-13,16H,14-15H2,1H3,(H,27,28). The Kier molecular flexibility index (Phi) is 6.29. The van der Waals surface area contributed by atoms with Gasteiger partial charge in [0.1, 0.15) is 29.7 Å². The fourth-order valence-electron chi connectivity index (χ4n) is 3.21. The molecule has 5 nitrogen and oxygen atoms in total. The third-order valence-electron chi connectivity index (χ3n) is 4.73. The first-order chi connectivity index (χ1) is 15.1. The van der Waals surface area contributed by atoms with Gasteiger partial charge in [0.15, 0.2) is 0 Å². The van der Waals surface area contributed by atoms with Gasteiger partial charge in [-0.3, -0.25) is 0 Å². The summed E-state index contributed by atoms with van der Waals surface area (Å²) in [5.41, 5.74) is 3.58. The van der Waals surface area contributed by atoms with E-state index in [1.54, 1.807) is 36.5 Å². The number of carbonyl (C=O) groups is 1. The molecule has 1 N–H and O–H groups in total. The van der Waals surface area contributed by atoms with Gasteiger partial charge in [-0.15, -0.1) is 11.3 Å². The zero-order valence-corrected chi connectivity index (χ0v) is 17.8. The van der Waals surface area contributed by atoms with Crippen LogP contribution in [0.15, 0.2) is 78.2 Å². The Labute approximate surface area is 184 Å². The first kappa shape index (κ1) is 20.6. The fourth-order valence-corrected chi connectivity index (χ4v) is 4.02. The average Bonchev–Trinajstić information content (AvgIpc) is 3.26. The predicted octanol–water partition coefficient (Wildman–Crippen LogP) is 5.97. The van der Waals surface area contributed by atoms with Gasteiger partial charge in [0.2, 0.25) is 0 Å². The second kappa shape index (κ2) is 9.45. The molecule has 31 heavy (non-hydrogen) atoms. The summed E-state index contributed by atoms with van der Waals surface area (Å²) in [4.78, 5) is 16.2. The Hall–Kier alpha value is -3.64. The number of rotatable bonds is 8. The van der Waals surface area contributed by atoms with E-state index in [1.165, 1.54) is 0 Å². The maximum absolute atomic E-state index is 11.5. The largest absolute Gasteiger partial charge is 0.489 e. The molecule has 4 aromatic rings. The molecule has 1 heterocycles. The van der Waals surface area contributed by atoms with Crippen LogP contribution in [0.5, 0.6) is 11.5 Å². The van der Waals surface area contributed by atoms with Gasteiger partial charge >= 0.3 is 5.97 Å². The zero-order chi connectivity index (χ0) is 21.6. The smallest absolute Gasteiger partial charge is 0.336 e. The van der Waals surface area contributed by atoms with E-state index in [9.17, 15) is 9.90 Å². The maximum Gasteiger partial charge on any atom is 0.336 e. The van der Waals surface area contributed by atoms with Crippen molar-refractivity contribution in [2.45, 2.75) is 20.1 Å². The van der Waals surface area contributed by atoms with Crippen LogP contribution in [0.3, 0.4) is 0 Å². The summed E-state index contributed by atoms with van der Waals surface area (Å²) in [7, 11) is 0. The predicted molar refractivity (Wildman–Crippen MR) is 121 cm³/mol. The van der Waals surface area contributed by atoms with Crippen LogP contribution in [0, 0.1) is 6.92 Å². The van der Waals surface area contributed by atoms with Crippen LogP contribution in [0.2, 0.25) is 0 Å². The minimum atomic E-state index is -0.952. The summed E-state index contributed by atoms with van der Waals surface area (Å²) in [6.07, 6.45) is 0. The highest BCUT2D eigenvalue weighted by Gasteiger charge is 2.13. The lowest BCUT2D eigenvalue weighted by Crippen LogP contribution is -2.07. The number of nitrogens with zero attached hydrogens (tertiary/aromatic N) is 1. The number of aromatic carboxylic acids is 1. The number of benzene rings is 3. The zero-order valence-electron chi connectivity index (χ0n) is 16.9. The molecule has 4 rings (SSSR count). The number of aryl methyl sites for hydroxylation is 1. The van der Waals surface area contributed by atoms with Crippen LogP contribution in [-0.2, 0) is 13.2 Å². The van der Waals surface area contributed by atoms with E-state index in [0.717, 1.165) is 16.3 Å². The van der Waals surface area contributed by atoms with E-state index < -0.39 is 5.97 Å². The quantitative estimate of drug-likeness (QED) is 0.372. The van der Waals surface area contributed by atoms with Gasteiger partial charge in [0.25, 0.3) is 0 Å². The minimum Gasteiger partial charge on any atom is -0.489 e. The van der Waals surface area contributed by atoms with Crippen LogP contribution in [0.25, 0.3) is 10.6 Å². The van der Waals surface area contributed by atoms with Gasteiger partial charge in [-0.1, -0.05) is 54.6 Å². The molecule has 3 aromatic carbocycles. The Morgan fingerprint density at radius 2 is 1.65 bits per heavy atom. The molecule has 1 aromatic heterocycles. The summed E-state index contributed by atoms with van der Waals surface area (Å²) < 4.78 is 11.7. The first-order valence-corrected chi connectivity index (χ1v) is 10.7. The Balaban J connectivity index is 1.39. The van der Waals surface area contributed by atoms with Gasteiger partial charge in [-0.2, -0.15) is 0 Å². The van der Waals surface area contributed by atoms with Crippen molar-refractivity contribution in [2.75, 3.05) is 0 Å². The molecule has 0 aliphatic rings. The normalized spacial score (nSPS) is 10.6. The molecule has 6 heteroatoms. The third kappa shape index (κ3) is 5.10. The first-order valence-electron chi connectivity index (χ1n) is 9.77. The lowest BCUT2D eigenvalue weighted by atomic mass is 10.0. The number of hydrogen-bond donors (Lipinski definition) is 1.